The van der Waals surface area contributed by atoms with E-state index < -0.39 is 26.6 Å². The first kappa shape index (κ1) is 22.5. The number of nitrogens with one attached hydrogen (secondary N) is 1. The van der Waals surface area contributed by atoms with Gasteiger partial charge in [-0.3, -0.25) is 4.90 Å². The van der Waals surface area contributed by atoms with Gasteiger partial charge in [0.05, 0.1) is 14.2 Å². The zero-order valence-corrected chi connectivity index (χ0v) is 17.9. The van der Waals surface area contributed by atoms with Crippen molar-refractivity contribution in [3.63, 3.8) is 0 Å². The first-order valence-corrected chi connectivity index (χ1v) is 11.2. The van der Waals surface area contributed by atoms with Gasteiger partial charge in [-0.25, -0.2) is 21.9 Å². The van der Waals surface area contributed by atoms with Crippen LogP contribution in [0.4, 0.5) is 8.78 Å². The van der Waals surface area contributed by atoms with Gasteiger partial charge >= 0.3 is 0 Å². The second-order valence-electron chi connectivity index (χ2n) is 7.16. The smallest absolute Gasteiger partial charge is 0.246 e. The molecule has 0 atom stereocenters. The molecule has 30 heavy (non-hydrogen) atoms. The Labute approximate surface area is 175 Å². The quantitative estimate of drug-likeness (QED) is 0.607. The van der Waals surface area contributed by atoms with E-state index in [2.05, 4.69) is 9.62 Å². The molecule has 0 spiro atoms. The SMILES string of the molecule is COc1cc2c(cc1OC)CN(CCCCNS(=O)(=O)c1c(F)cccc1F)CC2. The summed E-state index contributed by atoms with van der Waals surface area (Å²) in [5.74, 6) is -0.765. The van der Waals surface area contributed by atoms with Crippen LogP contribution in [0.25, 0.3) is 0 Å². The third-order valence-electron chi connectivity index (χ3n) is 5.18. The monoisotopic (exact) mass is 440 g/mol. The summed E-state index contributed by atoms with van der Waals surface area (Å²) in [7, 11) is -0.991. The zero-order valence-electron chi connectivity index (χ0n) is 17.1. The Kier molecular flexibility index (Phi) is 7.27. The fourth-order valence-corrected chi connectivity index (χ4v) is 4.82. The van der Waals surface area contributed by atoms with Crippen LogP contribution in [0.2, 0.25) is 0 Å². The van der Waals surface area contributed by atoms with Crippen molar-refractivity contribution in [1.29, 1.82) is 0 Å². The molecule has 0 saturated heterocycles. The lowest BCUT2D eigenvalue weighted by atomic mass is 9.98. The van der Waals surface area contributed by atoms with Gasteiger partial charge in [-0.1, -0.05) is 6.07 Å². The minimum Gasteiger partial charge on any atom is -0.493 e. The zero-order chi connectivity index (χ0) is 21.7. The molecule has 9 heteroatoms. The van der Waals surface area contributed by atoms with E-state index in [4.69, 9.17) is 9.47 Å². The molecule has 164 valence electrons. The molecule has 0 saturated carbocycles. The van der Waals surface area contributed by atoms with Crippen LogP contribution >= 0.6 is 0 Å². The highest BCUT2D eigenvalue weighted by Crippen LogP contribution is 2.33. The number of hydrogen-bond acceptors (Lipinski definition) is 5. The summed E-state index contributed by atoms with van der Waals surface area (Å²) in [6.07, 6.45) is 2.21. The van der Waals surface area contributed by atoms with Crippen molar-refractivity contribution in [2.45, 2.75) is 30.7 Å². The van der Waals surface area contributed by atoms with E-state index >= 15 is 0 Å². The molecule has 1 aliphatic rings. The highest BCUT2D eigenvalue weighted by atomic mass is 32.2. The van der Waals surface area contributed by atoms with E-state index in [1.807, 2.05) is 12.1 Å². The van der Waals surface area contributed by atoms with Crippen LogP contribution in [0.15, 0.2) is 35.2 Å². The van der Waals surface area contributed by atoms with Crippen molar-refractivity contribution >= 4 is 10.0 Å². The first-order valence-electron chi connectivity index (χ1n) is 9.75. The summed E-state index contributed by atoms with van der Waals surface area (Å²) in [4.78, 5) is 1.36. The molecule has 1 N–H and O–H groups in total. The number of hydrogen-bond donors (Lipinski definition) is 1. The molecule has 1 aliphatic heterocycles. The summed E-state index contributed by atoms with van der Waals surface area (Å²) < 4.78 is 64.7. The second-order valence-corrected chi connectivity index (χ2v) is 8.86. The number of halogens is 2. The maximum Gasteiger partial charge on any atom is 0.246 e. The summed E-state index contributed by atoms with van der Waals surface area (Å²) in [6, 6.07) is 7.00. The highest BCUT2D eigenvalue weighted by Gasteiger charge is 2.23. The molecule has 0 bridgehead atoms. The predicted molar refractivity (Wildman–Crippen MR) is 109 cm³/mol. The lowest BCUT2D eigenvalue weighted by molar-refractivity contribution is 0.248. The number of rotatable bonds is 9. The Hall–Kier alpha value is -2.23. The molecule has 0 aromatic heterocycles. The van der Waals surface area contributed by atoms with E-state index in [0.29, 0.717) is 12.2 Å². The molecule has 0 unspecified atom stereocenters. The van der Waals surface area contributed by atoms with Crippen molar-refractivity contribution in [2.75, 3.05) is 33.9 Å². The molecule has 1 heterocycles. The Bertz CT molecular complexity index is 978. The molecule has 2 aromatic rings. The largest absolute Gasteiger partial charge is 0.493 e. The Morgan fingerprint density at radius 1 is 1.03 bits per heavy atom. The molecular formula is C21H26F2N2O4S. The number of methoxy groups -OCH3 is 2. The maximum atomic E-state index is 13.7. The minimum absolute atomic E-state index is 0.117. The fraction of sp³-hybridized carbons (Fsp3) is 0.429. The molecule has 0 radical (unpaired) electrons. The standard InChI is InChI=1S/C21H26F2N2O4S/c1-28-19-12-15-8-11-25(14-16(15)13-20(19)29-2)10-4-3-9-24-30(26,27)21-17(22)6-5-7-18(21)23/h5-7,12-13,24H,3-4,8-11,14H2,1-2H3. The number of nitrogens with zero attached hydrogens (tertiary/aromatic N) is 1. The van der Waals surface area contributed by atoms with Gasteiger partial charge in [-0.05, 0) is 61.2 Å². The number of sulfonamides is 1. The van der Waals surface area contributed by atoms with Crippen molar-refractivity contribution in [2.24, 2.45) is 0 Å². The van der Waals surface area contributed by atoms with E-state index in [0.717, 1.165) is 56.4 Å². The number of ether oxygens (including phenoxy) is 2. The van der Waals surface area contributed by atoms with Crippen LogP contribution in [0, 0.1) is 11.6 Å². The van der Waals surface area contributed by atoms with Crippen LogP contribution in [0.5, 0.6) is 11.5 Å². The molecule has 2 aromatic carbocycles. The lowest BCUT2D eigenvalue weighted by Gasteiger charge is -2.29. The van der Waals surface area contributed by atoms with Gasteiger partial charge in [0.25, 0.3) is 0 Å². The van der Waals surface area contributed by atoms with Crippen LogP contribution < -0.4 is 14.2 Å². The summed E-state index contributed by atoms with van der Waals surface area (Å²) in [5, 5.41) is 0. The van der Waals surface area contributed by atoms with E-state index in [1.165, 1.54) is 11.1 Å². The topological polar surface area (TPSA) is 67.9 Å². The minimum atomic E-state index is -4.22. The van der Waals surface area contributed by atoms with Crippen LogP contribution in [-0.4, -0.2) is 47.2 Å². The average Bonchev–Trinajstić information content (AvgIpc) is 2.72. The fourth-order valence-electron chi connectivity index (χ4n) is 3.61. The summed E-state index contributed by atoms with van der Waals surface area (Å²) in [6.45, 7) is 2.59. The Morgan fingerprint density at radius 2 is 1.67 bits per heavy atom. The normalized spacial score (nSPS) is 14.4. The van der Waals surface area contributed by atoms with Gasteiger partial charge in [0, 0.05) is 19.6 Å². The average molecular weight is 441 g/mol. The van der Waals surface area contributed by atoms with E-state index in [9.17, 15) is 17.2 Å². The van der Waals surface area contributed by atoms with Gasteiger partial charge in [-0.15, -0.1) is 0 Å². The van der Waals surface area contributed by atoms with E-state index in [-0.39, 0.29) is 6.54 Å². The second kappa shape index (κ2) is 9.72. The Morgan fingerprint density at radius 3 is 2.30 bits per heavy atom. The van der Waals surface area contributed by atoms with E-state index in [1.54, 1.807) is 14.2 Å². The lowest BCUT2D eigenvalue weighted by Crippen LogP contribution is -2.32. The van der Waals surface area contributed by atoms with Crippen molar-refractivity contribution in [3.8, 4) is 11.5 Å². The van der Waals surface area contributed by atoms with Gasteiger partial charge in [0.1, 0.15) is 11.6 Å². The van der Waals surface area contributed by atoms with Gasteiger partial charge in [-0.2, -0.15) is 0 Å². The van der Waals surface area contributed by atoms with Crippen molar-refractivity contribution < 1.29 is 26.7 Å². The van der Waals surface area contributed by atoms with Crippen LogP contribution in [0.1, 0.15) is 24.0 Å². The third kappa shape index (κ3) is 5.08. The first-order chi connectivity index (χ1) is 14.4. The van der Waals surface area contributed by atoms with Gasteiger partial charge in [0.2, 0.25) is 10.0 Å². The van der Waals surface area contributed by atoms with Crippen LogP contribution in [0.3, 0.4) is 0 Å². The number of fused-ring (bicyclic) bond motifs is 1. The van der Waals surface area contributed by atoms with Crippen molar-refractivity contribution in [1.82, 2.24) is 9.62 Å². The Balaban J connectivity index is 1.49. The number of benzene rings is 2. The van der Waals surface area contributed by atoms with Gasteiger partial charge < -0.3 is 9.47 Å². The predicted octanol–water partition coefficient (Wildman–Crippen LogP) is 3.10. The molecule has 0 aliphatic carbocycles. The maximum absolute atomic E-state index is 13.7. The molecular weight excluding hydrogens is 414 g/mol. The molecule has 6 nitrogen and oxygen atoms in total. The highest BCUT2D eigenvalue weighted by molar-refractivity contribution is 7.89. The van der Waals surface area contributed by atoms with Crippen LogP contribution in [-0.2, 0) is 23.0 Å². The molecule has 0 fully saturated rings. The summed E-state index contributed by atoms with van der Waals surface area (Å²) in [5.41, 5.74) is 2.43. The third-order valence-corrected chi connectivity index (χ3v) is 6.69. The molecule has 0 amide bonds. The van der Waals surface area contributed by atoms with Gasteiger partial charge in [0.15, 0.2) is 16.4 Å². The number of unbranched alkanes of at least 4 members (excludes halogenated alkanes) is 1. The van der Waals surface area contributed by atoms with Crippen molar-refractivity contribution in [3.05, 3.63) is 53.1 Å². The molecule has 3 rings (SSSR count). The summed E-state index contributed by atoms with van der Waals surface area (Å²) >= 11 is 0.